The van der Waals surface area contributed by atoms with Gasteiger partial charge in [-0.2, -0.15) is 4.98 Å². The molecule has 2 amide bonds. The average Bonchev–Trinajstić information content (AvgIpc) is 3.23. The van der Waals surface area contributed by atoms with Crippen LogP contribution in [0.1, 0.15) is 5.82 Å². The van der Waals surface area contributed by atoms with E-state index in [9.17, 15) is 4.79 Å². The number of carbonyl (C=O) groups is 1. The average molecular weight is 428 g/mol. The minimum atomic E-state index is -0.111. The van der Waals surface area contributed by atoms with Gasteiger partial charge in [0.15, 0.2) is 5.82 Å². The molecule has 8 nitrogen and oxygen atoms in total. The molecule has 0 radical (unpaired) electrons. The van der Waals surface area contributed by atoms with Crippen LogP contribution < -0.4 is 10.1 Å². The fraction of sp³-hybridized carbons (Fsp3) is 0.286. The molecule has 0 saturated carbocycles. The second kappa shape index (κ2) is 9.15. The Morgan fingerprint density at radius 3 is 2.57 bits per heavy atom. The van der Waals surface area contributed by atoms with Gasteiger partial charge in [-0.15, -0.1) is 0 Å². The quantitative estimate of drug-likeness (QED) is 0.667. The van der Waals surface area contributed by atoms with E-state index < -0.39 is 0 Å². The van der Waals surface area contributed by atoms with E-state index >= 15 is 0 Å². The van der Waals surface area contributed by atoms with E-state index in [1.54, 1.807) is 18.1 Å². The summed E-state index contributed by atoms with van der Waals surface area (Å²) in [6, 6.07) is 14.5. The van der Waals surface area contributed by atoms with Crippen molar-refractivity contribution in [1.82, 2.24) is 19.9 Å². The Bertz CT molecular complexity index is 1000. The lowest BCUT2D eigenvalue weighted by molar-refractivity contribution is 0.140. The van der Waals surface area contributed by atoms with Crippen LogP contribution in [-0.4, -0.2) is 59.3 Å². The highest BCUT2D eigenvalue weighted by atomic mass is 35.5. The Morgan fingerprint density at radius 2 is 1.87 bits per heavy atom. The van der Waals surface area contributed by atoms with Crippen molar-refractivity contribution < 1.29 is 14.1 Å². The van der Waals surface area contributed by atoms with Crippen LogP contribution in [0.5, 0.6) is 5.75 Å². The molecule has 1 aromatic heterocycles. The predicted molar refractivity (Wildman–Crippen MR) is 114 cm³/mol. The van der Waals surface area contributed by atoms with Crippen LogP contribution in [0, 0.1) is 0 Å². The molecular weight excluding hydrogens is 406 g/mol. The van der Waals surface area contributed by atoms with Gasteiger partial charge in [0, 0.05) is 31.9 Å². The van der Waals surface area contributed by atoms with Crippen molar-refractivity contribution in [2.45, 2.75) is 6.54 Å². The van der Waals surface area contributed by atoms with Crippen molar-refractivity contribution in [3.8, 4) is 17.2 Å². The molecule has 3 aromatic rings. The lowest BCUT2D eigenvalue weighted by Gasteiger charge is -2.34. The molecule has 1 fully saturated rings. The first-order chi connectivity index (χ1) is 14.6. The number of methoxy groups -OCH3 is 1. The third-order valence-electron chi connectivity index (χ3n) is 4.94. The van der Waals surface area contributed by atoms with Crippen LogP contribution in [-0.2, 0) is 6.54 Å². The van der Waals surface area contributed by atoms with Gasteiger partial charge in [-0.25, -0.2) is 4.79 Å². The molecule has 4 rings (SSSR count). The minimum absolute atomic E-state index is 0.111. The molecule has 30 heavy (non-hydrogen) atoms. The number of rotatable bonds is 5. The zero-order valence-electron chi connectivity index (χ0n) is 16.5. The Hall–Kier alpha value is -3.10. The fourth-order valence-electron chi connectivity index (χ4n) is 3.25. The monoisotopic (exact) mass is 427 g/mol. The summed E-state index contributed by atoms with van der Waals surface area (Å²) in [5.74, 6) is 1.76. The van der Waals surface area contributed by atoms with Crippen molar-refractivity contribution in [3.05, 3.63) is 59.4 Å². The van der Waals surface area contributed by atoms with Crippen molar-refractivity contribution in [2.75, 3.05) is 38.6 Å². The maximum absolute atomic E-state index is 12.5. The smallest absolute Gasteiger partial charge is 0.321 e. The van der Waals surface area contributed by atoms with Crippen molar-refractivity contribution >= 4 is 23.3 Å². The van der Waals surface area contributed by atoms with Crippen molar-refractivity contribution in [2.24, 2.45) is 0 Å². The fourth-order valence-corrected chi connectivity index (χ4v) is 3.46. The molecule has 2 heterocycles. The van der Waals surface area contributed by atoms with Gasteiger partial charge >= 0.3 is 6.03 Å². The lowest BCUT2D eigenvalue weighted by Crippen LogP contribution is -2.49. The summed E-state index contributed by atoms with van der Waals surface area (Å²) in [7, 11) is 1.61. The number of benzene rings is 2. The van der Waals surface area contributed by atoms with Crippen molar-refractivity contribution in [3.63, 3.8) is 0 Å². The highest BCUT2D eigenvalue weighted by Crippen LogP contribution is 2.26. The second-order valence-electron chi connectivity index (χ2n) is 6.92. The van der Waals surface area contributed by atoms with Crippen LogP contribution >= 0.6 is 11.6 Å². The number of halogens is 1. The summed E-state index contributed by atoms with van der Waals surface area (Å²) in [6.07, 6.45) is 0. The number of hydrogen-bond acceptors (Lipinski definition) is 6. The molecule has 1 aliphatic heterocycles. The molecule has 1 N–H and O–H groups in total. The number of ether oxygens (including phenoxy) is 1. The molecule has 1 aliphatic rings. The minimum Gasteiger partial charge on any atom is -0.497 e. The van der Waals surface area contributed by atoms with Gasteiger partial charge in [-0.1, -0.05) is 28.9 Å². The van der Waals surface area contributed by atoms with Gasteiger partial charge < -0.3 is 19.5 Å². The standard InChI is InChI=1S/C21H22ClN5O3/c1-29-16-8-6-15(7-9-16)23-21(28)27-12-10-26(11-13-27)14-19-24-20(30-25-19)17-4-2-3-5-18(17)22/h2-9H,10-14H2,1H3,(H,23,28). The van der Waals surface area contributed by atoms with Crippen LogP contribution in [0.2, 0.25) is 5.02 Å². The van der Waals surface area contributed by atoms with Gasteiger partial charge in [0.2, 0.25) is 0 Å². The van der Waals surface area contributed by atoms with Gasteiger partial charge in [0.25, 0.3) is 5.89 Å². The predicted octanol–water partition coefficient (Wildman–Crippen LogP) is 3.75. The third kappa shape index (κ3) is 4.72. The zero-order valence-corrected chi connectivity index (χ0v) is 17.3. The summed E-state index contributed by atoms with van der Waals surface area (Å²) >= 11 is 6.19. The van der Waals surface area contributed by atoms with Gasteiger partial charge in [-0.3, -0.25) is 4.90 Å². The highest BCUT2D eigenvalue weighted by Gasteiger charge is 2.23. The summed E-state index contributed by atoms with van der Waals surface area (Å²) in [5.41, 5.74) is 1.46. The topological polar surface area (TPSA) is 83.7 Å². The number of amides is 2. The second-order valence-corrected chi connectivity index (χ2v) is 7.32. The first-order valence-corrected chi connectivity index (χ1v) is 10.00. The summed E-state index contributed by atoms with van der Waals surface area (Å²) in [6.45, 7) is 3.26. The summed E-state index contributed by atoms with van der Waals surface area (Å²) in [5, 5.41) is 7.55. The first-order valence-electron chi connectivity index (χ1n) is 9.62. The van der Waals surface area contributed by atoms with E-state index in [1.807, 2.05) is 42.5 Å². The molecule has 0 spiro atoms. The van der Waals surface area contributed by atoms with Gasteiger partial charge in [-0.05, 0) is 36.4 Å². The van der Waals surface area contributed by atoms with E-state index in [1.165, 1.54) is 0 Å². The first kappa shape index (κ1) is 20.2. The van der Waals surface area contributed by atoms with E-state index in [-0.39, 0.29) is 6.03 Å². The number of urea groups is 1. The Morgan fingerprint density at radius 1 is 1.13 bits per heavy atom. The summed E-state index contributed by atoms with van der Waals surface area (Å²) in [4.78, 5) is 20.9. The number of piperazine rings is 1. The maximum atomic E-state index is 12.5. The van der Waals surface area contributed by atoms with Crippen LogP contribution in [0.3, 0.4) is 0 Å². The number of aromatic nitrogens is 2. The molecule has 9 heteroatoms. The normalized spacial score (nSPS) is 14.5. The Balaban J connectivity index is 1.28. The zero-order chi connectivity index (χ0) is 20.9. The van der Waals surface area contributed by atoms with E-state index in [0.29, 0.717) is 36.4 Å². The largest absolute Gasteiger partial charge is 0.497 e. The number of hydrogen-bond donors (Lipinski definition) is 1. The SMILES string of the molecule is COc1ccc(NC(=O)N2CCN(Cc3noc(-c4ccccc4Cl)n3)CC2)cc1. The molecule has 0 unspecified atom stereocenters. The highest BCUT2D eigenvalue weighted by molar-refractivity contribution is 6.33. The van der Waals surface area contributed by atoms with E-state index in [2.05, 4.69) is 20.4 Å². The molecule has 1 saturated heterocycles. The number of anilines is 1. The molecule has 0 bridgehead atoms. The molecule has 2 aromatic carbocycles. The Labute approximate surface area is 179 Å². The van der Waals surface area contributed by atoms with Crippen molar-refractivity contribution in [1.29, 1.82) is 0 Å². The third-order valence-corrected chi connectivity index (χ3v) is 5.27. The molecule has 0 aliphatic carbocycles. The molecule has 156 valence electrons. The van der Waals surface area contributed by atoms with Crippen LogP contribution in [0.25, 0.3) is 11.5 Å². The van der Waals surface area contributed by atoms with Gasteiger partial charge in [0.1, 0.15) is 5.75 Å². The number of nitrogens with zero attached hydrogens (tertiary/aromatic N) is 4. The molecule has 0 atom stereocenters. The maximum Gasteiger partial charge on any atom is 0.321 e. The van der Waals surface area contributed by atoms with E-state index in [0.717, 1.165) is 30.1 Å². The van der Waals surface area contributed by atoms with Crippen LogP contribution in [0.15, 0.2) is 53.1 Å². The number of nitrogens with one attached hydrogen (secondary N) is 1. The summed E-state index contributed by atoms with van der Waals surface area (Å²) < 4.78 is 10.5. The number of carbonyl (C=O) groups excluding carboxylic acids is 1. The molecular formula is C21H22ClN5O3. The van der Waals surface area contributed by atoms with E-state index in [4.69, 9.17) is 20.9 Å². The lowest BCUT2D eigenvalue weighted by atomic mass is 10.2. The van der Waals surface area contributed by atoms with Crippen LogP contribution in [0.4, 0.5) is 10.5 Å². The Kier molecular flexibility index (Phi) is 6.15. The van der Waals surface area contributed by atoms with Gasteiger partial charge in [0.05, 0.1) is 24.2 Å².